The maximum Gasteiger partial charge on any atom is 0.356 e. The van der Waals surface area contributed by atoms with Gasteiger partial charge in [-0.2, -0.15) is 5.10 Å². The smallest absolute Gasteiger partial charge is 0.356 e. The third kappa shape index (κ3) is 2.49. The zero-order valence-electron chi connectivity index (χ0n) is 9.52. The summed E-state index contributed by atoms with van der Waals surface area (Å²) in [4.78, 5) is 10.9. The van der Waals surface area contributed by atoms with Gasteiger partial charge in [-0.05, 0) is 30.7 Å². The van der Waals surface area contributed by atoms with Gasteiger partial charge in [0, 0.05) is 15.7 Å². The Labute approximate surface area is 114 Å². The molecule has 0 saturated heterocycles. The van der Waals surface area contributed by atoms with Gasteiger partial charge in [-0.1, -0.05) is 30.1 Å². The van der Waals surface area contributed by atoms with E-state index in [1.165, 1.54) is 6.07 Å². The predicted molar refractivity (Wildman–Crippen MR) is 69.9 cm³/mol. The zero-order valence-corrected chi connectivity index (χ0v) is 11.0. The third-order valence-corrected chi connectivity index (χ3v) is 2.89. The predicted octanol–water partition coefficient (Wildman–Crippen LogP) is 3.44. The van der Waals surface area contributed by atoms with Crippen molar-refractivity contribution in [2.45, 2.75) is 13.3 Å². The first-order valence-electron chi connectivity index (χ1n) is 5.30. The average molecular weight is 285 g/mol. The van der Waals surface area contributed by atoms with Crippen LogP contribution >= 0.6 is 23.2 Å². The summed E-state index contributed by atoms with van der Waals surface area (Å²) < 4.78 is 1.54. The highest BCUT2D eigenvalue weighted by Crippen LogP contribution is 2.23. The van der Waals surface area contributed by atoms with Crippen LogP contribution < -0.4 is 0 Å². The normalized spacial score (nSPS) is 10.6. The van der Waals surface area contributed by atoms with Crippen LogP contribution in [0.3, 0.4) is 0 Å². The Balaban J connectivity index is 2.58. The molecule has 1 N–H and O–H groups in total. The van der Waals surface area contributed by atoms with E-state index in [9.17, 15) is 4.79 Å². The fourth-order valence-corrected chi connectivity index (χ4v) is 2.18. The van der Waals surface area contributed by atoms with Gasteiger partial charge in [-0.3, -0.25) is 0 Å². The molecule has 0 spiro atoms. The zero-order chi connectivity index (χ0) is 13.3. The van der Waals surface area contributed by atoms with E-state index >= 15 is 0 Å². The number of nitrogens with zero attached hydrogens (tertiary/aromatic N) is 2. The second kappa shape index (κ2) is 5.00. The number of carboxylic acid groups (broad SMARTS) is 1. The summed E-state index contributed by atoms with van der Waals surface area (Å²) in [6.07, 6.45) is 0.657. The van der Waals surface area contributed by atoms with Crippen molar-refractivity contribution in [3.8, 4) is 5.69 Å². The summed E-state index contributed by atoms with van der Waals surface area (Å²) in [5.41, 5.74) is 1.44. The third-order valence-electron chi connectivity index (χ3n) is 2.46. The first-order chi connectivity index (χ1) is 8.51. The molecule has 0 amide bonds. The number of aromatic carboxylic acids is 1. The summed E-state index contributed by atoms with van der Waals surface area (Å²) >= 11 is 11.8. The molecule has 1 heterocycles. The Morgan fingerprint density at radius 2 is 1.89 bits per heavy atom. The van der Waals surface area contributed by atoms with E-state index in [2.05, 4.69) is 5.10 Å². The second-order valence-corrected chi connectivity index (χ2v) is 4.59. The monoisotopic (exact) mass is 284 g/mol. The summed E-state index contributed by atoms with van der Waals surface area (Å²) in [6.45, 7) is 1.92. The minimum Gasteiger partial charge on any atom is -0.476 e. The number of rotatable bonds is 3. The molecule has 94 valence electrons. The van der Waals surface area contributed by atoms with Gasteiger partial charge in [0.25, 0.3) is 0 Å². The minimum atomic E-state index is -1.06. The van der Waals surface area contributed by atoms with Gasteiger partial charge < -0.3 is 5.11 Å². The number of aryl methyl sites for hydroxylation is 1. The molecule has 4 nitrogen and oxygen atoms in total. The molecule has 2 aromatic rings. The van der Waals surface area contributed by atoms with Gasteiger partial charge >= 0.3 is 5.97 Å². The molecule has 0 aliphatic rings. The van der Waals surface area contributed by atoms with Gasteiger partial charge in [-0.15, -0.1) is 0 Å². The molecule has 0 fully saturated rings. The molecule has 0 radical (unpaired) electrons. The van der Waals surface area contributed by atoms with Crippen molar-refractivity contribution in [3.63, 3.8) is 0 Å². The Kier molecular flexibility index (Phi) is 3.59. The molecule has 0 bridgehead atoms. The van der Waals surface area contributed by atoms with E-state index in [-0.39, 0.29) is 5.69 Å². The number of carboxylic acids is 1. The van der Waals surface area contributed by atoms with Crippen LogP contribution in [-0.2, 0) is 6.42 Å². The van der Waals surface area contributed by atoms with Crippen molar-refractivity contribution in [2.75, 3.05) is 0 Å². The maximum absolute atomic E-state index is 10.9. The molecule has 0 aliphatic heterocycles. The first kappa shape index (κ1) is 12.9. The van der Waals surface area contributed by atoms with Crippen molar-refractivity contribution < 1.29 is 9.90 Å². The summed E-state index contributed by atoms with van der Waals surface area (Å²) in [6, 6.07) is 6.52. The molecule has 1 aromatic carbocycles. The van der Waals surface area contributed by atoms with Crippen LogP contribution in [0, 0.1) is 0 Å². The molecule has 0 unspecified atom stereocenters. The van der Waals surface area contributed by atoms with Crippen LogP contribution in [0.15, 0.2) is 24.3 Å². The largest absolute Gasteiger partial charge is 0.476 e. The van der Waals surface area contributed by atoms with E-state index in [0.29, 0.717) is 22.2 Å². The number of carbonyl (C=O) groups is 1. The first-order valence-corrected chi connectivity index (χ1v) is 6.05. The van der Waals surface area contributed by atoms with Gasteiger partial charge in [0.15, 0.2) is 5.69 Å². The Morgan fingerprint density at radius 1 is 1.28 bits per heavy atom. The average Bonchev–Trinajstić information content (AvgIpc) is 2.71. The van der Waals surface area contributed by atoms with Crippen molar-refractivity contribution >= 4 is 29.2 Å². The lowest BCUT2D eigenvalue weighted by molar-refractivity contribution is 0.0690. The van der Waals surface area contributed by atoms with E-state index in [0.717, 1.165) is 5.69 Å². The summed E-state index contributed by atoms with van der Waals surface area (Å²) in [5.74, 6) is -1.06. The molecule has 1 aromatic heterocycles. The topological polar surface area (TPSA) is 55.1 Å². The number of hydrogen-bond donors (Lipinski definition) is 1. The fraction of sp³-hybridized carbons (Fsp3) is 0.167. The molecule has 18 heavy (non-hydrogen) atoms. The van der Waals surface area contributed by atoms with Gasteiger partial charge in [0.1, 0.15) is 0 Å². The molecular weight excluding hydrogens is 275 g/mol. The van der Waals surface area contributed by atoms with Crippen molar-refractivity contribution in [3.05, 3.63) is 45.7 Å². The molecule has 0 aliphatic carbocycles. The molecule has 6 heteroatoms. The van der Waals surface area contributed by atoms with E-state index in [1.807, 2.05) is 6.92 Å². The van der Waals surface area contributed by atoms with Crippen molar-refractivity contribution in [1.82, 2.24) is 9.78 Å². The number of halogens is 2. The van der Waals surface area contributed by atoms with Crippen LogP contribution in [0.1, 0.15) is 23.1 Å². The minimum absolute atomic E-state index is 0.00273. The number of benzene rings is 1. The SMILES string of the molecule is CCc1cc(C(=O)O)nn1-c1cc(Cl)cc(Cl)c1. The fourth-order valence-electron chi connectivity index (χ4n) is 1.66. The van der Waals surface area contributed by atoms with Gasteiger partial charge in [0.05, 0.1) is 5.69 Å². The van der Waals surface area contributed by atoms with Crippen molar-refractivity contribution in [2.24, 2.45) is 0 Å². The Morgan fingerprint density at radius 3 is 2.39 bits per heavy atom. The van der Waals surface area contributed by atoms with Crippen LogP contribution in [0.4, 0.5) is 0 Å². The van der Waals surface area contributed by atoms with E-state index in [4.69, 9.17) is 28.3 Å². The quantitative estimate of drug-likeness (QED) is 0.939. The molecule has 0 atom stereocenters. The lowest BCUT2D eigenvalue weighted by Crippen LogP contribution is -2.03. The lowest BCUT2D eigenvalue weighted by Gasteiger charge is -2.06. The Bertz CT molecular complexity index is 588. The summed E-state index contributed by atoms with van der Waals surface area (Å²) in [7, 11) is 0. The molecular formula is C12H10Cl2N2O2. The highest BCUT2D eigenvalue weighted by atomic mass is 35.5. The maximum atomic E-state index is 10.9. The van der Waals surface area contributed by atoms with Crippen molar-refractivity contribution in [1.29, 1.82) is 0 Å². The second-order valence-electron chi connectivity index (χ2n) is 3.72. The highest BCUT2D eigenvalue weighted by Gasteiger charge is 2.13. The summed E-state index contributed by atoms with van der Waals surface area (Å²) in [5, 5.41) is 13.9. The van der Waals surface area contributed by atoms with Gasteiger partial charge in [-0.25, -0.2) is 9.48 Å². The van der Waals surface area contributed by atoms with Crippen LogP contribution in [0.25, 0.3) is 5.69 Å². The van der Waals surface area contributed by atoms with Crippen LogP contribution in [0.5, 0.6) is 0 Å². The number of hydrogen-bond acceptors (Lipinski definition) is 2. The molecule has 0 saturated carbocycles. The van der Waals surface area contributed by atoms with Gasteiger partial charge in [0.2, 0.25) is 0 Å². The Hall–Kier alpha value is -1.52. The van der Waals surface area contributed by atoms with Crippen LogP contribution in [-0.4, -0.2) is 20.9 Å². The number of aromatic nitrogens is 2. The van der Waals surface area contributed by atoms with Crippen LogP contribution in [0.2, 0.25) is 10.0 Å². The lowest BCUT2D eigenvalue weighted by atomic mass is 10.2. The highest BCUT2D eigenvalue weighted by molar-refractivity contribution is 6.34. The standard InChI is InChI=1S/C12H10Cl2N2O2/c1-2-9-6-11(12(17)18)15-16(9)10-4-7(13)3-8(14)5-10/h3-6H,2H2,1H3,(H,17,18). The van der Waals surface area contributed by atoms with E-state index < -0.39 is 5.97 Å². The van der Waals surface area contributed by atoms with E-state index in [1.54, 1.807) is 22.9 Å². The molecule has 2 rings (SSSR count).